The van der Waals surface area contributed by atoms with Crippen LogP contribution in [-0.4, -0.2) is 66.3 Å². The lowest BCUT2D eigenvalue weighted by molar-refractivity contribution is 0.0590. The van der Waals surface area contributed by atoms with E-state index in [-0.39, 0.29) is 0 Å². The average Bonchev–Trinajstić information content (AvgIpc) is 3.74. The second-order valence-corrected chi connectivity index (χ2v) is 22.9. The van der Waals surface area contributed by atoms with Crippen molar-refractivity contribution in [2.45, 2.75) is 207 Å². The maximum atomic E-state index is 10.3. The van der Waals surface area contributed by atoms with Crippen LogP contribution in [0, 0.1) is 46.3 Å². The zero-order valence-electron chi connectivity index (χ0n) is 40.3. The normalized spacial score (nSPS) is 38.0. The summed E-state index contributed by atoms with van der Waals surface area (Å²) in [6.45, 7) is 33.2. The third-order valence-corrected chi connectivity index (χ3v) is 17.2. The highest BCUT2D eigenvalue weighted by molar-refractivity contribution is 5.46. The summed E-state index contributed by atoms with van der Waals surface area (Å²) in [5.41, 5.74) is 6.81. The van der Waals surface area contributed by atoms with Gasteiger partial charge >= 0.3 is 0 Å². The number of aliphatic hydroxyl groups excluding tert-OH is 4. The third kappa shape index (κ3) is 11.7. The maximum Gasteiger partial charge on any atom is 0.102 e. The van der Waals surface area contributed by atoms with E-state index in [0.717, 1.165) is 61.5 Å². The van der Waals surface area contributed by atoms with E-state index in [4.69, 9.17) is 0 Å². The minimum atomic E-state index is -0.842. The molecule has 0 saturated heterocycles. The molecule has 6 heteroatoms. The Morgan fingerprint density at radius 3 is 1.29 bits per heavy atom. The Morgan fingerprint density at radius 1 is 0.597 bits per heavy atom. The molecule has 0 radical (unpaired) electrons. The molecule has 6 aliphatic carbocycles. The van der Waals surface area contributed by atoms with Crippen molar-refractivity contribution in [2.24, 2.45) is 46.3 Å². The Balaban J connectivity index is 0.000000234. The number of hydrogen-bond acceptors (Lipinski definition) is 6. The zero-order chi connectivity index (χ0) is 45.9. The summed E-state index contributed by atoms with van der Waals surface area (Å²) in [5.74, 6) is 4.11. The van der Waals surface area contributed by atoms with Gasteiger partial charge in [0.25, 0.3) is 0 Å². The monoisotopic (exact) mass is 857 g/mol. The molecule has 0 aromatic rings. The van der Waals surface area contributed by atoms with E-state index >= 15 is 0 Å². The smallest absolute Gasteiger partial charge is 0.102 e. The summed E-state index contributed by atoms with van der Waals surface area (Å²) in [5, 5.41) is 61.1. The van der Waals surface area contributed by atoms with E-state index < -0.39 is 35.6 Å². The maximum absolute atomic E-state index is 10.3. The van der Waals surface area contributed by atoms with Gasteiger partial charge < -0.3 is 30.6 Å². The molecule has 0 bridgehead atoms. The first-order valence-corrected chi connectivity index (χ1v) is 24.6. The van der Waals surface area contributed by atoms with E-state index in [0.29, 0.717) is 69.6 Å². The van der Waals surface area contributed by atoms with Crippen LogP contribution in [0.25, 0.3) is 0 Å². The van der Waals surface area contributed by atoms with Gasteiger partial charge in [0, 0.05) is 12.8 Å². The summed E-state index contributed by atoms with van der Waals surface area (Å²) in [6.07, 6.45) is 25.4. The summed E-state index contributed by atoms with van der Waals surface area (Å²) in [4.78, 5) is 0. The van der Waals surface area contributed by atoms with Gasteiger partial charge in [0.1, 0.15) is 12.2 Å². The number of allylic oxidation sites excluding steroid dienone is 6. The first-order chi connectivity index (χ1) is 28.9. The highest BCUT2D eigenvalue weighted by Gasteiger charge is 2.52. The van der Waals surface area contributed by atoms with E-state index in [9.17, 15) is 30.6 Å². The van der Waals surface area contributed by atoms with Gasteiger partial charge in [-0.15, -0.1) is 0 Å². The summed E-state index contributed by atoms with van der Waals surface area (Å²) >= 11 is 0. The Kier molecular flexibility index (Phi) is 16.7. The molecule has 6 N–H and O–H groups in total. The first-order valence-electron chi connectivity index (χ1n) is 24.6. The van der Waals surface area contributed by atoms with E-state index in [1.54, 1.807) is 0 Å². The van der Waals surface area contributed by atoms with Crippen molar-refractivity contribution >= 4 is 0 Å². The average molecular weight is 857 g/mol. The van der Waals surface area contributed by atoms with Gasteiger partial charge in [0.15, 0.2) is 0 Å². The van der Waals surface area contributed by atoms with Crippen molar-refractivity contribution in [1.82, 2.24) is 0 Å². The van der Waals surface area contributed by atoms with Crippen molar-refractivity contribution in [2.75, 3.05) is 0 Å². The van der Waals surface area contributed by atoms with E-state index in [1.165, 1.54) is 75.4 Å². The van der Waals surface area contributed by atoms with Gasteiger partial charge in [-0.05, 0) is 185 Å². The zero-order valence-corrected chi connectivity index (χ0v) is 40.3. The molecule has 0 aliphatic heterocycles. The summed E-state index contributed by atoms with van der Waals surface area (Å²) < 4.78 is 0. The molecule has 62 heavy (non-hydrogen) atoms. The molecule has 6 fully saturated rings. The second kappa shape index (κ2) is 20.5. The summed E-state index contributed by atoms with van der Waals surface area (Å²) in [7, 11) is 0. The molecule has 6 rings (SSSR count). The van der Waals surface area contributed by atoms with Crippen LogP contribution in [0.1, 0.15) is 171 Å². The SMILES string of the molecule is C=C1/C(=C/C=C2\CCC[C@]3(C)[C@@H](C(C)CCCC(C)(C)O)CC[C@@H]23)C[C@@H](O)C(=C)[C@@H]1O.C=C1/C(=C\C=C2/CCC[C@]3(C)[C@@H](C(C)CCCC(C)(C)O)CC[C@@H]23)C[C@@H](O)C(=C)[C@@H]1O. The number of aliphatic hydroxyl groups is 6. The Morgan fingerprint density at radius 2 is 0.952 bits per heavy atom. The molecule has 0 heterocycles. The molecule has 0 aromatic heterocycles. The molecule has 348 valence electrons. The van der Waals surface area contributed by atoms with Crippen molar-refractivity contribution in [1.29, 1.82) is 0 Å². The van der Waals surface area contributed by atoms with Crippen molar-refractivity contribution in [3.63, 3.8) is 0 Å². The summed E-state index contributed by atoms with van der Waals surface area (Å²) in [6, 6.07) is 0. The predicted octanol–water partition coefficient (Wildman–Crippen LogP) is 11.7. The van der Waals surface area contributed by atoms with Crippen LogP contribution in [0.3, 0.4) is 0 Å². The lowest BCUT2D eigenvalue weighted by Gasteiger charge is -2.44. The van der Waals surface area contributed by atoms with Gasteiger partial charge in [0.2, 0.25) is 0 Å². The number of fused-ring (bicyclic) bond motifs is 2. The minimum Gasteiger partial charge on any atom is -0.390 e. The molecule has 0 amide bonds. The highest BCUT2D eigenvalue weighted by Crippen LogP contribution is 2.61. The van der Waals surface area contributed by atoms with Crippen LogP contribution in [0.4, 0.5) is 0 Å². The van der Waals surface area contributed by atoms with Crippen LogP contribution in [0.5, 0.6) is 0 Å². The second-order valence-electron chi connectivity index (χ2n) is 22.9. The number of hydrogen-bond donors (Lipinski definition) is 6. The molecule has 12 atom stereocenters. The van der Waals surface area contributed by atoms with Crippen LogP contribution >= 0.6 is 0 Å². The van der Waals surface area contributed by atoms with Crippen molar-refractivity contribution in [3.8, 4) is 0 Å². The Hall–Kier alpha value is -2.32. The lowest BCUT2D eigenvalue weighted by Crippen LogP contribution is -2.36. The van der Waals surface area contributed by atoms with Crippen molar-refractivity contribution < 1.29 is 30.6 Å². The van der Waals surface area contributed by atoms with Crippen LogP contribution in [0.15, 0.2) is 95.2 Å². The quantitative estimate of drug-likeness (QED) is 0.109. The molecule has 6 aliphatic rings. The van der Waals surface area contributed by atoms with Crippen LogP contribution in [-0.2, 0) is 0 Å². The molecule has 0 aromatic carbocycles. The van der Waals surface area contributed by atoms with Crippen LogP contribution < -0.4 is 0 Å². The van der Waals surface area contributed by atoms with Crippen molar-refractivity contribution in [3.05, 3.63) is 95.2 Å². The molecule has 0 spiro atoms. The van der Waals surface area contributed by atoms with Crippen LogP contribution in [0.2, 0.25) is 0 Å². The topological polar surface area (TPSA) is 121 Å². The number of rotatable bonds is 12. The van der Waals surface area contributed by atoms with E-state index in [1.807, 2.05) is 27.7 Å². The van der Waals surface area contributed by atoms with Gasteiger partial charge in [0.05, 0.1) is 23.4 Å². The largest absolute Gasteiger partial charge is 0.390 e. The molecular weight excluding hydrogens is 769 g/mol. The fraction of sp³-hybridized carbons (Fsp3) is 0.714. The standard InChI is InChI=1S/2C28H44O3/c2*1-18(9-7-15-27(4,5)31)23-13-14-24-21(10-8-16-28(23,24)6)11-12-22-17-25(29)20(3)26(30)19(22)2/h2*11-12,18,23-26,29-31H,2-3,7-10,13-17H2,1,4-6H3/b21-11+,22-12+;21-11+,22-12-/t2*18?,23-,24+,25-,26-,28-/m11/s1. The molecule has 6 saturated carbocycles. The molecular formula is C56H88O6. The van der Waals surface area contributed by atoms with Gasteiger partial charge in [-0.25, -0.2) is 0 Å². The van der Waals surface area contributed by atoms with Gasteiger partial charge in [-0.2, -0.15) is 0 Å². The third-order valence-electron chi connectivity index (χ3n) is 17.2. The molecule has 2 unspecified atom stereocenters. The first kappa shape index (κ1) is 50.7. The van der Waals surface area contributed by atoms with Gasteiger partial charge in [-0.1, -0.05) is 115 Å². The Labute approximate surface area is 377 Å². The minimum absolute atomic E-state index is 0.355. The lowest BCUT2D eigenvalue weighted by atomic mass is 9.60. The predicted molar refractivity (Wildman–Crippen MR) is 257 cm³/mol. The molecule has 6 nitrogen and oxygen atoms in total. The van der Waals surface area contributed by atoms with Gasteiger partial charge in [-0.3, -0.25) is 0 Å². The van der Waals surface area contributed by atoms with E-state index in [2.05, 4.69) is 78.3 Å². The fourth-order valence-corrected chi connectivity index (χ4v) is 13.4. The fourth-order valence-electron chi connectivity index (χ4n) is 13.4. The Bertz CT molecular complexity index is 1630. The highest BCUT2D eigenvalue weighted by atomic mass is 16.3.